The van der Waals surface area contributed by atoms with E-state index >= 15 is 0 Å². The van der Waals surface area contributed by atoms with Crippen LogP contribution < -0.4 is 0 Å². The maximum atomic E-state index is 12.5. The number of nitro groups is 1. The van der Waals surface area contributed by atoms with Gasteiger partial charge in [0.05, 0.1) is 16.6 Å². The Morgan fingerprint density at radius 3 is 2.65 bits per heavy atom. The molecular weight excluding hydrogens is 373 g/mol. The Labute approximate surface area is 129 Å². The van der Waals surface area contributed by atoms with E-state index < -0.39 is 10.5 Å². The number of hydrogen-bond acceptors (Lipinski definition) is 4. The molecule has 0 atom stereocenters. The second-order valence-corrected chi connectivity index (χ2v) is 5.94. The quantitative estimate of drug-likeness (QED) is 0.455. The van der Waals surface area contributed by atoms with Gasteiger partial charge in [-0.2, -0.15) is 5.26 Å². The largest absolute Gasteiger partial charge is 0.323 e. The van der Waals surface area contributed by atoms with Gasteiger partial charge in [0.2, 0.25) is 0 Å². The van der Waals surface area contributed by atoms with Crippen LogP contribution >= 0.6 is 22.6 Å². The normalized spacial score (nSPS) is 15.8. The van der Waals surface area contributed by atoms with Crippen LogP contribution in [0.2, 0.25) is 0 Å². The summed E-state index contributed by atoms with van der Waals surface area (Å²) >= 11 is 1.97. The Morgan fingerprint density at radius 1 is 1.55 bits per heavy atom. The molecule has 0 aliphatic heterocycles. The fourth-order valence-corrected chi connectivity index (χ4v) is 2.77. The average Bonchev–Trinajstić information content (AvgIpc) is 2.37. The highest BCUT2D eigenvalue weighted by Gasteiger charge is 2.44. The molecule has 1 aliphatic rings. The summed E-state index contributed by atoms with van der Waals surface area (Å²) < 4.78 is 0.637. The lowest BCUT2D eigenvalue weighted by atomic mass is 9.76. The third kappa shape index (κ3) is 2.35. The van der Waals surface area contributed by atoms with Crippen LogP contribution in [0.25, 0.3) is 0 Å². The summed E-state index contributed by atoms with van der Waals surface area (Å²) in [6.45, 7) is 0. The minimum Gasteiger partial charge on any atom is -0.323 e. The second kappa shape index (κ2) is 5.36. The number of benzene rings is 1. The number of non-ortho nitro benzene ring substituents is 1. The highest BCUT2D eigenvalue weighted by atomic mass is 127. The summed E-state index contributed by atoms with van der Waals surface area (Å²) in [4.78, 5) is 24.2. The van der Waals surface area contributed by atoms with E-state index in [4.69, 9.17) is 0 Å². The van der Waals surface area contributed by atoms with Crippen molar-refractivity contribution >= 4 is 34.2 Å². The van der Waals surface area contributed by atoms with Crippen molar-refractivity contribution in [1.29, 1.82) is 5.26 Å². The molecule has 0 heterocycles. The van der Waals surface area contributed by atoms with Gasteiger partial charge in [0.15, 0.2) is 0 Å². The molecule has 0 saturated heterocycles. The van der Waals surface area contributed by atoms with Crippen LogP contribution in [0, 0.1) is 25.0 Å². The molecule has 0 unspecified atom stereocenters. The molecule has 0 spiro atoms. The van der Waals surface area contributed by atoms with Crippen LogP contribution in [0.5, 0.6) is 0 Å². The number of carbonyl (C=O) groups is 1. The summed E-state index contributed by atoms with van der Waals surface area (Å²) in [6, 6.07) is 6.36. The van der Waals surface area contributed by atoms with Gasteiger partial charge in [0.1, 0.15) is 5.54 Å². The number of amides is 1. The molecule has 0 bridgehead atoms. The minimum atomic E-state index is -0.759. The Balaban J connectivity index is 2.36. The van der Waals surface area contributed by atoms with Gasteiger partial charge >= 0.3 is 0 Å². The SMILES string of the molecule is CN(C(=O)c1cc([N+](=O)[O-])ccc1I)C1(C#N)CCC1. The predicted octanol–water partition coefficient (Wildman–Crippen LogP) is 2.72. The summed E-state index contributed by atoms with van der Waals surface area (Å²) in [5.41, 5.74) is -0.615. The van der Waals surface area contributed by atoms with Gasteiger partial charge in [-0.3, -0.25) is 14.9 Å². The van der Waals surface area contributed by atoms with E-state index in [9.17, 15) is 20.2 Å². The molecule has 2 rings (SSSR count). The number of hydrogen-bond donors (Lipinski definition) is 0. The van der Waals surface area contributed by atoms with Crippen LogP contribution in [-0.4, -0.2) is 28.3 Å². The van der Waals surface area contributed by atoms with Crippen molar-refractivity contribution in [2.24, 2.45) is 0 Å². The number of carbonyl (C=O) groups excluding carboxylic acids is 1. The van der Waals surface area contributed by atoms with Gasteiger partial charge in [0, 0.05) is 22.8 Å². The molecule has 0 radical (unpaired) electrons. The zero-order chi connectivity index (χ0) is 14.9. The van der Waals surface area contributed by atoms with E-state index in [1.165, 1.54) is 17.0 Å². The van der Waals surface area contributed by atoms with Crippen molar-refractivity contribution < 1.29 is 9.72 Å². The Kier molecular flexibility index (Phi) is 3.94. The smallest absolute Gasteiger partial charge is 0.270 e. The first kappa shape index (κ1) is 14.7. The number of nitriles is 1. The minimum absolute atomic E-state index is 0.123. The standard InChI is InChI=1S/C13H12IN3O3/c1-16(13(8-15)5-2-6-13)12(18)10-7-9(17(19)20)3-4-11(10)14/h3-4,7H,2,5-6H2,1H3. The van der Waals surface area contributed by atoms with E-state index in [2.05, 4.69) is 6.07 Å². The molecule has 1 aromatic rings. The van der Waals surface area contributed by atoms with Crippen molar-refractivity contribution in [2.45, 2.75) is 24.8 Å². The molecule has 104 valence electrons. The van der Waals surface area contributed by atoms with Gasteiger partial charge in [0.25, 0.3) is 11.6 Å². The van der Waals surface area contributed by atoms with Crippen LogP contribution in [0.3, 0.4) is 0 Å². The zero-order valence-corrected chi connectivity index (χ0v) is 13.0. The monoisotopic (exact) mass is 385 g/mol. The molecule has 6 nitrogen and oxygen atoms in total. The molecule has 7 heteroatoms. The maximum absolute atomic E-state index is 12.5. The van der Waals surface area contributed by atoms with Gasteiger partial charge in [-0.25, -0.2) is 0 Å². The maximum Gasteiger partial charge on any atom is 0.270 e. The fourth-order valence-electron chi connectivity index (χ4n) is 2.20. The van der Waals surface area contributed by atoms with Crippen molar-refractivity contribution in [3.05, 3.63) is 37.4 Å². The predicted molar refractivity (Wildman–Crippen MR) is 80.1 cm³/mol. The van der Waals surface area contributed by atoms with E-state index in [0.717, 1.165) is 6.42 Å². The fraction of sp³-hybridized carbons (Fsp3) is 0.385. The topological polar surface area (TPSA) is 87.2 Å². The Bertz CT molecular complexity index is 620. The molecule has 1 aromatic carbocycles. The molecule has 1 aliphatic carbocycles. The van der Waals surface area contributed by atoms with Gasteiger partial charge in [-0.15, -0.1) is 0 Å². The first-order valence-corrected chi connectivity index (χ1v) is 7.12. The number of halogens is 1. The van der Waals surface area contributed by atoms with E-state index in [1.54, 1.807) is 13.1 Å². The molecular formula is C13H12IN3O3. The molecule has 20 heavy (non-hydrogen) atoms. The number of rotatable bonds is 3. The summed E-state index contributed by atoms with van der Waals surface area (Å²) in [5.74, 6) is -0.348. The number of nitrogens with zero attached hydrogens (tertiary/aromatic N) is 3. The molecule has 0 aromatic heterocycles. The Morgan fingerprint density at radius 2 is 2.20 bits per heavy atom. The van der Waals surface area contributed by atoms with E-state index in [1.807, 2.05) is 22.6 Å². The molecule has 1 amide bonds. The lowest BCUT2D eigenvalue weighted by Crippen LogP contribution is -2.53. The summed E-state index contributed by atoms with van der Waals surface area (Å²) in [5, 5.41) is 20.1. The summed E-state index contributed by atoms with van der Waals surface area (Å²) in [7, 11) is 1.58. The van der Waals surface area contributed by atoms with Gasteiger partial charge < -0.3 is 4.90 Å². The molecule has 1 saturated carbocycles. The average molecular weight is 385 g/mol. The van der Waals surface area contributed by atoms with E-state index in [-0.39, 0.29) is 17.2 Å². The lowest BCUT2D eigenvalue weighted by molar-refractivity contribution is -0.384. The van der Waals surface area contributed by atoms with Crippen LogP contribution in [0.15, 0.2) is 18.2 Å². The van der Waals surface area contributed by atoms with Crippen LogP contribution in [0.4, 0.5) is 5.69 Å². The number of nitro benzene ring substituents is 1. The zero-order valence-electron chi connectivity index (χ0n) is 10.8. The van der Waals surface area contributed by atoms with Crippen molar-refractivity contribution in [3.63, 3.8) is 0 Å². The molecule has 1 fully saturated rings. The first-order valence-electron chi connectivity index (χ1n) is 6.05. The lowest BCUT2D eigenvalue weighted by Gasteiger charge is -2.43. The second-order valence-electron chi connectivity index (χ2n) is 4.78. The Hall–Kier alpha value is -1.69. The van der Waals surface area contributed by atoms with Gasteiger partial charge in [-0.05, 0) is 47.9 Å². The highest BCUT2D eigenvalue weighted by Crippen LogP contribution is 2.37. The molecule has 0 N–H and O–H groups in total. The third-order valence-corrected chi connectivity index (χ3v) is 4.67. The van der Waals surface area contributed by atoms with Crippen LogP contribution in [-0.2, 0) is 0 Å². The highest BCUT2D eigenvalue weighted by molar-refractivity contribution is 14.1. The summed E-state index contributed by atoms with van der Waals surface area (Å²) in [6.07, 6.45) is 2.21. The van der Waals surface area contributed by atoms with Crippen molar-refractivity contribution in [3.8, 4) is 6.07 Å². The third-order valence-electron chi connectivity index (χ3n) is 3.73. The van der Waals surface area contributed by atoms with Crippen LogP contribution in [0.1, 0.15) is 29.6 Å². The first-order chi connectivity index (χ1) is 9.41. The van der Waals surface area contributed by atoms with Gasteiger partial charge in [-0.1, -0.05) is 0 Å². The van der Waals surface area contributed by atoms with E-state index in [0.29, 0.717) is 16.4 Å². The van der Waals surface area contributed by atoms with Crippen molar-refractivity contribution in [2.75, 3.05) is 7.05 Å². The van der Waals surface area contributed by atoms with Crippen molar-refractivity contribution in [1.82, 2.24) is 4.90 Å².